The van der Waals surface area contributed by atoms with Gasteiger partial charge in [-0.15, -0.1) is 0 Å². The topological polar surface area (TPSA) is 86.9 Å². The summed E-state index contributed by atoms with van der Waals surface area (Å²) in [4.78, 5) is 23.3. The van der Waals surface area contributed by atoms with Crippen LogP contribution in [-0.4, -0.2) is 28.6 Å². The summed E-state index contributed by atoms with van der Waals surface area (Å²) >= 11 is 0. The fourth-order valence-electron chi connectivity index (χ4n) is 2.32. The summed E-state index contributed by atoms with van der Waals surface area (Å²) in [5.74, 6) is 0.612. The van der Waals surface area contributed by atoms with Crippen LogP contribution in [-0.2, 0) is 9.59 Å². The fraction of sp³-hybridized carbons (Fsp3) is 0.615. The van der Waals surface area contributed by atoms with Crippen LogP contribution >= 0.6 is 0 Å². The van der Waals surface area contributed by atoms with Crippen molar-refractivity contribution < 1.29 is 9.59 Å². The van der Waals surface area contributed by atoms with Crippen molar-refractivity contribution in [1.82, 2.24) is 15.5 Å². The number of nitrogens with one attached hydrogen (secondary N) is 3. The van der Waals surface area contributed by atoms with Crippen LogP contribution in [0.15, 0.2) is 6.07 Å². The van der Waals surface area contributed by atoms with Gasteiger partial charge in [-0.25, -0.2) is 0 Å². The number of H-pyrrole nitrogens is 1. The van der Waals surface area contributed by atoms with Crippen molar-refractivity contribution in [3.05, 3.63) is 11.8 Å². The molecule has 2 rings (SSSR count). The minimum absolute atomic E-state index is 0.0842. The van der Waals surface area contributed by atoms with Crippen molar-refractivity contribution in [3.8, 4) is 0 Å². The molecule has 1 aromatic rings. The molecule has 1 saturated carbocycles. The minimum Gasteiger partial charge on any atom is -0.355 e. The van der Waals surface area contributed by atoms with Gasteiger partial charge in [0.25, 0.3) is 0 Å². The number of aromatic nitrogens is 2. The van der Waals surface area contributed by atoms with E-state index < -0.39 is 0 Å². The highest BCUT2D eigenvalue weighted by molar-refractivity contribution is 5.90. The number of aromatic amines is 1. The summed E-state index contributed by atoms with van der Waals surface area (Å²) < 4.78 is 0. The zero-order valence-electron chi connectivity index (χ0n) is 11.2. The normalized spacial score (nSPS) is 15.4. The van der Waals surface area contributed by atoms with Crippen LogP contribution in [0.25, 0.3) is 0 Å². The molecule has 0 radical (unpaired) electrons. The van der Waals surface area contributed by atoms with E-state index in [1.807, 2.05) is 6.92 Å². The first-order chi connectivity index (χ1) is 9.15. The molecule has 6 nitrogen and oxygen atoms in total. The average molecular weight is 264 g/mol. The molecule has 1 heterocycles. The Morgan fingerprint density at radius 3 is 2.79 bits per heavy atom. The number of amides is 2. The van der Waals surface area contributed by atoms with Crippen LogP contribution in [0, 0.1) is 12.8 Å². The Balaban J connectivity index is 1.65. The molecule has 0 unspecified atom stereocenters. The molecular formula is C13H20N4O2. The van der Waals surface area contributed by atoms with Crippen molar-refractivity contribution >= 4 is 17.6 Å². The molecule has 0 aromatic carbocycles. The number of aryl methyl sites for hydroxylation is 1. The Hall–Kier alpha value is -1.85. The van der Waals surface area contributed by atoms with Gasteiger partial charge in [0, 0.05) is 30.6 Å². The van der Waals surface area contributed by atoms with E-state index in [-0.39, 0.29) is 24.2 Å². The largest absolute Gasteiger partial charge is 0.355 e. The second kappa shape index (κ2) is 6.36. The first-order valence-electron chi connectivity index (χ1n) is 6.75. The summed E-state index contributed by atoms with van der Waals surface area (Å²) in [7, 11) is 0. The number of carbonyl (C=O) groups is 2. The van der Waals surface area contributed by atoms with Gasteiger partial charge < -0.3 is 10.6 Å². The van der Waals surface area contributed by atoms with E-state index in [0.29, 0.717) is 12.4 Å². The number of rotatable bonds is 5. The van der Waals surface area contributed by atoms with Gasteiger partial charge in [0.05, 0.1) is 0 Å². The second-order valence-electron chi connectivity index (χ2n) is 5.01. The molecular weight excluding hydrogens is 244 g/mol. The maximum Gasteiger partial charge on any atom is 0.227 e. The van der Waals surface area contributed by atoms with E-state index in [0.717, 1.165) is 31.4 Å². The smallest absolute Gasteiger partial charge is 0.227 e. The maximum atomic E-state index is 11.7. The third-order valence-corrected chi connectivity index (χ3v) is 3.35. The van der Waals surface area contributed by atoms with E-state index in [9.17, 15) is 9.59 Å². The van der Waals surface area contributed by atoms with Crippen LogP contribution in [0.2, 0.25) is 0 Å². The van der Waals surface area contributed by atoms with Crippen molar-refractivity contribution in [2.45, 2.75) is 39.0 Å². The Morgan fingerprint density at radius 1 is 1.42 bits per heavy atom. The molecule has 19 heavy (non-hydrogen) atoms. The van der Waals surface area contributed by atoms with Crippen LogP contribution in [0.3, 0.4) is 0 Å². The number of anilines is 1. The van der Waals surface area contributed by atoms with Crippen molar-refractivity contribution in [3.63, 3.8) is 0 Å². The summed E-state index contributed by atoms with van der Waals surface area (Å²) in [6.07, 6.45) is 4.49. The lowest BCUT2D eigenvalue weighted by Gasteiger charge is -2.09. The van der Waals surface area contributed by atoms with Gasteiger partial charge in [-0.2, -0.15) is 5.10 Å². The lowest BCUT2D eigenvalue weighted by atomic mass is 10.1. The van der Waals surface area contributed by atoms with Crippen LogP contribution in [0.5, 0.6) is 0 Å². The first-order valence-corrected chi connectivity index (χ1v) is 6.75. The molecule has 1 aromatic heterocycles. The Kier molecular flexibility index (Phi) is 4.54. The number of carbonyl (C=O) groups excluding carboxylic acids is 2. The zero-order chi connectivity index (χ0) is 13.7. The Labute approximate surface area is 112 Å². The maximum absolute atomic E-state index is 11.7. The molecule has 0 bridgehead atoms. The lowest BCUT2D eigenvalue weighted by Crippen LogP contribution is -2.32. The quantitative estimate of drug-likeness (QED) is 0.750. The molecule has 1 aliphatic carbocycles. The molecule has 0 saturated heterocycles. The molecule has 3 N–H and O–H groups in total. The summed E-state index contributed by atoms with van der Waals surface area (Å²) in [5, 5.41) is 12.2. The minimum atomic E-state index is -0.141. The lowest BCUT2D eigenvalue weighted by molar-refractivity contribution is -0.124. The number of nitrogens with zero attached hydrogens (tertiary/aromatic N) is 1. The zero-order valence-corrected chi connectivity index (χ0v) is 11.2. The first kappa shape index (κ1) is 13.6. The van der Waals surface area contributed by atoms with Crippen LogP contribution < -0.4 is 10.6 Å². The van der Waals surface area contributed by atoms with E-state index in [1.165, 1.54) is 0 Å². The van der Waals surface area contributed by atoms with Crippen LogP contribution in [0.1, 0.15) is 37.8 Å². The highest BCUT2D eigenvalue weighted by Crippen LogP contribution is 2.24. The molecule has 1 aliphatic rings. The molecule has 6 heteroatoms. The predicted molar refractivity (Wildman–Crippen MR) is 71.5 cm³/mol. The molecule has 0 spiro atoms. The average Bonchev–Trinajstić information content (AvgIpc) is 3.00. The number of hydrogen-bond donors (Lipinski definition) is 3. The van der Waals surface area contributed by atoms with Gasteiger partial charge >= 0.3 is 0 Å². The number of hydrogen-bond acceptors (Lipinski definition) is 3. The van der Waals surface area contributed by atoms with Gasteiger partial charge in [0.15, 0.2) is 5.82 Å². The van der Waals surface area contributed by atoms with Gasteiger partial charge in [-0.1, -0.05) is 12.8 Å². The highest BCUT2D eigenvalue weighted by Gasteiger charge is 2.22. The van der Waals surface area contributed by atoms with Crippen molar-refractivity contribution in [2.75, 3.05) is 11.9 Å². The predicted octanol–water partition coefficient (Wildman–Crippen LogP) is 1.35. The standard InChI is InChI=1S/C13H20N4O2/c1-9-8-11(17-16-9)15-12(18)6-7-14-13(19)10-4-2-3-5-10/h8,10H,2-7H2,1H3,(H,14,19)(H2,15,16,17,18). The van der Waals surface area contributed by atoms with Crippen molar-refractivity contribution in [2.24, 2.45) is 5.92 Å². The van der Waals surface area contributed by atoms with Gasteiger partial charge in [0.2, 0.25) is 11.8 Å². The van der Waals surface area contributed by atoms with Crippen LogP contribution in [0.4, 0.5) is 5.82 Å². The highest BCUT2D eigenvalue weighted by atomic mass is 16.2. The Bertz CT molecular complexity index is 449. The van der Waals surface area contributed by atoms with E-state index in [4.69, 9.17) is 0 Å². The molecule has 104 valence electrons. The molecule has 1 fully saturated rings. The SMILES string of the molecule is Cc1cc(NC(=O)CCNC(=O)C2CCCC2)n[nH]1. The fourth-order valence-corrected chi connectivity index (χ4v) is 2.32. The monoisotopic (exact) mass is 264 g/mol. The van der Waals surface area contributed by atoms with E-state index >= 15 is 0 Å². The van der Waals surface area contributed by atoms with E-state index in [1.54, 1.807) is 6.07 Å². The second-order valence-corrected chi connectivity index (χ2v) is 5.01. The molecule has 0 aliphatic heterocycles. The summed E-state index contributed by atoms with van der Waals surface area (Å²) in [6.45, 7) is 2.25. The third-order valence-electron chi connectivity index (χ3n) is 3.35. The van der Waals surface area contributed by atoms with E-state index in [2.05, 4.69) is 20.8 Å². The van der Waals surface area contributed by atoms with Gasteiger partial charge in [-0.05, 0) is 19.8 Å². The van der Waals surface area contributed by atoms with Gasteiger partial charge in [-0.3, -0.25) is 14.7 Å². The third kappa shape index (κ3) is 4.08. The molecule has 0 atom stereocenters. The van der Waals surface area contributed by atoms with Gasteiger partial charge in [0.1, 0.15) is 0 Å². The Morgan fingerprint density at radius 2 is 2.16 bits per heavy atom. The summed E-state index contributed by atoms with van der Waals surface area (Å²) in [5.41, 5.74) is 0.893. The van der Waals surface area contributed by atoms with Crippen molar-refractivity contribution in [1.29, 1.82) is 0 Å². The molecule has 2 amide bonds. The summed E-state index contributed by atoms with van der Waals surface area (Å²) in [6, 6.07) is 1.76.